The Morgan fingerprint density at radius 2 is 2.17 bits per heavy atom. The predicted molar refractivity (Wildman–Crippen MR) is 81.9 cm³/mol. The number of hydrogen-bond acceptors (Lipinski definition) is 6. The number of ether oxygens (including phenoxy) is 1. The molecule has 1 aliphatic rings. The molecule has 0 spiro atoms. The number of aryl methyl sites for hydroxylation is 1. The molecule has 1 atom stereocenters. The molecule has 128 valence electrons. The number of nitrogens with zero attached hydrogens (tertiary/aromatic N) is 3. The van der Waals surface area contributed by atoms with Crippen LogP contribution in [0.15, 0.2) is 6.07 Å². The van der Waals surface area contributed by atoms with E-state index in [1.807, 2.05) is 0 Å². The van der Waals surface area contributed by atoms with Gasteiger partial charge in [-0.15, -0.1) is 0 Å². The van der Waals surface area contributed by atoms with Gasteiger partial charge in [-0.1, -0.05) is 0 Å². The van der Waals surface area contributed by atoms with Crippen LogP contribution in [0.5, 0.6) is 5.88 Å². The number of carbonyl (C=O) groups is 2. The minimum absolute atomic E-state index is 0.0493. The van der Waals surface area contributed by atoms with Crippen molar-refractivity contribution in [3.63, 3.8) is 0 Å². The maximum absolute atomic E-state index is 12.1. The first-order valence-corrected chi connectivity index (χ1v) is 8.88. The smallest absolute Gasteiger partial charge is 0.272 e. The zero-order valence-electron chi connectivity index (χ0n) is 13.3. The number of hydrogen-bond donors (Lipinski definition) is 1. The Labute approximate surface area is 134 Å². The number of rotatable bonds is 5. The first-order chi connectivity index (χ1) is 10.7. The van der Waals surface area contributed by atoms with Crippen molar-refractivity contribution in [3.05, 3.63) is 11.8 Å². The van der Waals surface area contributed by atoms with Gasteiger partial charge in [-0.3, -0.25) is 9.59 Å². The molecule has 1 unspecified atom stereocenters. The lowest BCUT2D eigenvalue weighted by molar-refractivity contribution is -0.130. The average Bonchev–Trinajstić information content (AvgIpc) is 2.98. The molecule has 0 bridgehead atoms. The standard InChI is InChI=1S/C13H20N4O5S/c1-16(2)11(18)7-22-12-6-10(15-17(12)3)13(19)14-9-4-5-23(20,21)8-9/h6,9H,4-5,7-8H2,1-3H3,(H,14,19). The summed E-state index contributed by atoms with van der Waals surface area (Å²) in [5.41, 5.74) is 0.115. The van der Waals surface area contributed by atoms with Gasteiger partial charge in [0.25, 0.3) is 11.8 Å². The van der Waals surface area contributed by atoms with Crippen LogP contribution in [0.1, 0.15) is 16.9 Å². The summed E-state index contributed by atoms with van der Waals surface area (Å²) in [5.74, 6) is -0.359. The van der Waals surface area contributed by atoms with E-state index in [1.165, 1.54) is 15.6 Å². The van der Waals surface area contributed by atoms with Crippen molar-refractivity contribution in [1.29, 1.82) is 0 Å². The van der Waals surface area contributed by atoms with E-state index in [0.29, 0.717) is 6.42 Å². The fourth-order valence-corrected chi connectivity index (χ4v) is 3.80. The molecule has 2 amide bonds. The van der Waals surface area contributed by atoms with Gasteiger partial charge in [0.2, 0.25) is 5.88 Å². The largest absolute Gasteiger partial charge is 0.468 e. The van der Waals surface area contributed by atoms with E-state index in [0.717, 1.165) is 0 Å². The van der Waals surface area contributed by atoms with Gasteiger partial charge in [-0.25, -0.2) is 13.1 Å². The van der Waals surface area contributed by atoms with E-state index < -0.39 is 21.8 Å². The van der Waals surface area contributed by atoms with Crippen LogP contribution in [0, 0.1) is 0 Å². The minimum Gasteiger partial charge on any atom is -0.468 e. The third-order valence-electron chi connectivity index (χ3n) is 3.48. The molecule has 2 heterocycles. The van der Waals surface area contributed by atoms with Gasteiger partial charge in [0.05, 0.1) is 11.5 Å². The van der Waals surface area contributed by atoms with Gasteiger partial charge in [0, 0.05) is 33.3 Å². The maximum atomic E-state index is 12.1. The minimum atomic E-state index is -3.06. The fraction of sp³-hybridized carbons (Fsp3) is 0.615. The molecule has 1 N–H and O–H groups in total. The summed E-state index contributed by atoms with van der Waals surface area (Å²) < 4.78 is 29.5. The summed E-state index contributed by atoms with van der Waals surface area (Å²) in [6, 6.07) is 1.02. The summed E-state index contributed by atoms with van der Waals surface area (Å²) in [6.07, 6.45) is 0.404. The lowest BCUT2D eigenvalue weighted by Crippen LogP contribution is -2.35. The second-order valence-corrected chi connectivity index (χ2v) is 7.87. The van der Waals surface area contributed by atoms with Crippen molar-refractivity contribution in [2.75, 3.05) is 32.2 Å². The van der Waals surface area contributed by atoms with Crippen LogP contribution in [0.25, 0.3) is 0 Å². The van der Waals surface area contributed by atoms with Crippen LogP contribution in [0.2, 0.25) is 0 Å². The average molecular weight is 344 g/mol. The zero-order chi connectivity index (χ0) is 17.2. The molecule has 0 saturated carbocycles. The number of likely N-dealkylation sites (N-methyl/N-ethyl adjacent to an activating group) is 1. The van der Waals surface area contributed by atoms with Gasteiger partial charge in [0.1, 0.15) is 0 Å². The van der Waals surface area contributed by atoms with Crippen LogP contribution in [0.4, 0.5) is 0 Å². The molecule has 0 aromatic carbocycles. The van der Waals surface area contributed by atoms with E-state index in [2.05, 4.69) is 10.4 Å². The number of amides is 2. The Morgan fingerprint density at radius 1 is 1.48 bits per heavy atom. The third-order valence-corrected chi connectivity index (χ3v) is 5.25. The number of aromatic nitrogens is 2. The number of sulfone groups is 1. The lowest BCUT2D eigenvalue weighted by Gasteiger charge is -2.10. The maximum Gasteiger partial charge on any atom is 0.272 e. The van der Waals surface area contributed by atoms with Crippen molar-refractivity contribution >= 4 is 21.7 Å². The van der Waals surface area contributed by atoms with Crippen molar-refractivity contribution in [1.82, 2.24) is 20.0 Å². The van der Waals surface area contributed by atoms with E-state index in [-0.39, 0.29) is 35.6 Å². The summed E-state index contributed by atoms with van der Waals surface area (Å²) in [5, 5.41) is 6.67. The predicted octanol–water partition coefficient (Wildman–Crippen LogP) is -1.20. The summed E-state index contributed by atoms with van der Waals surface area (Å²) in [4.78, 5) is 25.0. The van der Waals surface area contributed by atoms with E-state index in [9.17, 15) is 18.0 Å². The highest BCUT2D eigenvalue weighted by atomic mass is 32.2. The van der Waals surface area contributed by atoms with Gasteiger partial charge >= 0.3 is 0 Å². The van der Waals surface area contributed by atoms with Crippen LogP contribution in [-0.2, 0) is 21.7 Å². The van der Waals surface area contributed by atoms with E-state index in [1.54, 1.807) is 21.1 Å². The Morgan fingerprint density at radius 3 is 2.74 bits per heavy atom. The first-order valence-electron chi connectivity index (χ1n) is 7.06. The van der Waals surface area contributed by atoms with Crippen molar-refractivity contribution in [2.45, 2.75) is 12.5 Å². The van der Waals surface area contributed by atoms with Gasteiger partial charge in [-0.2, -0.15) is 5.10 Å². The molecule has 2 rings (SSSR count). The molecular weight excluding hydrogens is 324 g/mol. The Balaban J connectivity index is 1.97. The Kier molecular flexibility index (Phi) is 4.93. The molecule has 0 radical (unpaired) electrons. The Bertz CT molecular complexity index is 710. The molecule has 23 heavy (non-hydrogen) atoms. The molecule has 1 aliphatic heterocycles. The Hall–Kier alpha value is -2.10. The van der Waals surface area contributed by atoms with E-state index >= 15 is 0 Å². The van der Waals surface area contributed by atoms with Crippen LogP contribution >= 0.6 is 0 Å². The molecule has 10 heteroatoms. The molecule has 1 fully saturated rings. The zero-order valence-corrected chi connectivity index (χ0v) is 14.1. The fourth-order valence-electron chi connectivity index (χ4n) is 2.13. The third kappa shape index (κ3) is 4.44. The normalized spacial score (nSPS) is 19.3. The van der Waals surface area contributed by atoms with Gasteiger partial charge in [-0.05, 0) is 6.42 Å². The summed E-state index contributed by atoms with van der Waals surface area (Å²) in [7, 11) is 1.76. The molecule has 1 aromatic heterocycles. The molecule has 9 nitrogen and oxygen atoms in total. The number of carbonyl (C=O) groups excluding carboxylic acids is 2. The SMILES string of the molecule is CN(C)C(=O)COc1cc(C(=O)NC2CCS(=O)(=O)C2)nn1C. The second kappa shape index (κ2) is 6.57. The molecule has 1 aromatic rings. The van der Waals surface area contributed by atoms with E-state index in [4.69, 9.17) is 4.74 Å². The summed E-state index contributed by atoms with van der Waals surface area (Å²) >= 11 is 0. The highest BCUT2D eigenvalue weighted by Crippen LogP contribution is 2.15. The second-order valence-electron chi connectivity index (χ2n) is 5.64. The summed E-state index contributed by atoms with van der Waals surface area (Å²) in [6.45, 7) is -0.158. The molecule has 0 aliphatic carbocycles. The van der Waals surface area contributed by atoms with Crippen molar-refractivity contribution in [2.24, 2.45) is 7.05 Å². The van der Waals surface area contributed by atoms with Crippen LogP contribution in [0.3, 0.4) is 0 Å². The monoisotopic (exact) mass is 344 g/mol. The van der Waals surface area contributed by atoms with Gasteiger partial charge < -0.3 is 15.0 Å². The van der Waals surface area contributed by atoms with Crippen molar-refractivity contribution < 1.29 is 22.7 Å². The topological polar surface area (TPSA) is 111 Å². The van der Waals surface area contributed by atoms with Crippen molar-refractivity contribution in [3.8, 4) is 5.88 Å². The van der Waals surface area contributed by atoms with Crippen LogP contribution in [-0.4, -0.2) is 73.2 Å². The quantitative estimate of drug-likeness (QED) is 0.719. The van der Waals surface area contributed by atoms with Gasteiger partial charge in [0.15, 0.2) is 22.1 Å². The first kappa shape index (κ1) is 17.3. The number of nitrogens with one attached hydrogen (secondary N) is 1. The highest BCUT2D eigenvalue weighted by Gasteiger charge is 2.29. The van der Waals surface area contributed by atoms with Crippen LogP contribution < -0.4 is 10.1 Å². The highest BCUT2D eigenvalue weighted by molar-refractivity contribution is 7.91. The lowest BCUT2D eigenvalue weighted by atomic mass is 10.2. The molecular formula is C13H20N4O5S. The molecule has 1 saturated heterocycles.